The molecule has 122 valence electrons. The summed E-state index contributed by atoms with van der Waals surface area (Å²) in [6.07, 6.45) is 6.49. The predicted octanol–water partition coefficient (Wildman–Crippen LogP) is 3.81. The molecule has 0 heterocycles. The molecule has 0 atom stereocenters. The molecule has 1 aromatic carbocycles. The Hall–Kier alpha value is -1.71. The van der Waals surface area contributed by atoms with Gasteiger partial charge in [0.05, 0.1) is 6.61 Å². The zero-order valence-electron chi connectivity index (χ0n) is 13.8. The Morgan fingerprint density at radius 2 is 1.95 bits per heavy atom. The summed E-state index contributed by atoms with van der Waals surface area (Å²) in [5.41, 5.74) is 1.11. The molecule has 22 heavy (non-hydrogen) atoms. The van der Waals surface area contributed by atoms with Crippen molar-refractivity contribution < 1.29 is 9.53 Å². The van der Waals surface area contributed by atoms with E-state index in [2.05, 4.69) is 5.32 Å². The van der Waals surface area contributed by atoms with Gasteiger partial charge in [-0.1, -0.05) is 37.8 Å². The molecule has 0 bridgehead atoms. The lowest BCUT2D eigenvalue weighted by Crippen LogP contribution is -2.37. The zero-order valence-corrected chi connectivity index (χ0v) is 13.8. The largest absolute Gasteiger partial charge is 0.494 e. The Balaban J connectivity index is 1.70. The predicted molar refractivity (Wildman–Crippen MR) is 89.1 cm³/mol. The molecule has 2 rings (SSSR count). The van der Waals surface area contributed by atoms with E-state index in [4.69, 9.17) is 4.74 Å². The topological polar surface area (TPSA) is 41.6 Å². The van der Waals surface area contributed by atoms with E-state index in [9.17, 15) is 4.79 Å². The van der Waals surface area contributed by atoms with Gasteiger partial charge in [0.15, 0.2) is 0 Å². The maximum Gasteiger partial charge on any atom is 0.317 e. The Kier molecular flexibility index (Phi) is 6.56. The Morgan fingerprint density at radius 1 is 1.27 bits per heavy atom. The van der Waals surface area contributed by atoms with Crippen molar-refractivity contribution in [3.63, 3.8) is 0 Å². The molecule has 0 aromatic heterocycles. The van der Waals surface area contributed by atoms with Crippen LogP contribution in [-0.4, -0.2) is 31.1 Å². The molecule has 1 aliphatic carbocycles. The molecule has 1 fully saturated rings. The molecule has 4 heteroatoms. The van der Waals surface area contributed by atoms with Gasteiger partial charge in [-0.3, -0.25) is 0 Å². The SMILES string of the molecule is CCOc1ccc(CN(C)C(=O)NCCC2CCCC2)cc1. The van der Waals surface area contributed by atoms with Crippen LogP contribution < -0.4 is 10.1 Å². The van der Waals surface area contributed by atoms with Crippen molar-refractivity contribution in [1.29, 1.82) is 0 Å². The number of hydrogen-bond acceptors (Lipinski definition) is 2. The van der Waals surface area contributed by atoms with Crippen LogP contribution in [0.15, 0.2) is 24.3 Å². The number of amides is 2. The number of hydrogen-bond donors (Lipinski definition) is 1. The van der Waals surface area contributed by atoms with Gasteiger partial charge in [0.2, 0.25) is 0 Å². The van der Waals surface area contributed by atoms with Gasteiger partial charge < -0.3 is 15.0 Å². The number of rotatable bonds is 7. The third kappa shape index (κ3) is 5.24. The first-order chi connectivity index (χ1) is 10.7. The first-order valence-corrected chi connectivity index (χ1v) is 8.39. The number of carbonyl (C=O) groups is 1. The highest BCUT2D eigenvalue weighted by molar-refractivity contribution is 5.73. The Bertz CT molecular complexity index is 453. The van der Waals surface area contributed by atoms with E-state index < -0.39 is 0 Å². The number of urea groups is 1. The normalized spacial score (nSPS) is 14.8. The maximum atomic E-state index is 12.1. The highest BCUT2D eigenvalue weighted by Gasteiger charge is 2.15. The van der Waals surface area contributed by atoms with E-state index >= 15 is 0 Å². The summed E-state index contributed by atoms with van der Waals surface area (Å²) in [6.45, 7) is 4.04. The lowest BCUT2D eigenvalue weighted by Gasteiger charge is -2.19. The van der Waals surface area contributed by atoms with Crippen LogP contribution in [0.2, 0.25) is 0 Å². The number of ether oxygens (including phenoxy) is 1. The maximum absolute atomic E-state index is 12.1. The zero-order chi connectivity index (χ0) is 15.8. The fourth-order valence-corrected chi connectivity index (χ4v) is 3.02. The average molecular weight is 304 g/mol. The molecule has 1 aliphatic rings. The summed E-state index contributed by atoms with van der Waals surface area (Å²) in [5.74, 6) is 1.69. The number of benzene rings is 1. The molecule has 1 N–H and O–H groups in total. The van der Waals surface area contributed by atoms with Gasteiger partial charge in [-0.2, -0.15) is 0 Å². The van der Waals surface area contributed by atoms with Crippen LogP contribution in [0.25, 0.3) is 0 Å². The van der Waals surface area contributed by atoms with Crippen molar-refractivity contribution in [3.05, 3.63) is 29.8 Å². The van der Waals surface area contributed by atoms with Crippen LogP contribution in [0, 0.1) is 5.92 Å². The van der Waals surface area contributed by atoms with Gasteiger partial charge >= 0.3 is 6.03 Å². The molecule has 0 aliphatic heterocycles. The number of nitrogens with one attached hydrogen (secondary N) is 1. The van der Waals surface area contributed by atoms with Gasteiger partial charge in [-0.15, -0.1) is 0 Å². The quantitative estimate of drug-likeness (QED) is 0.832. The lowest BCUT2D eigenvalue weighted by molar-refractivity contribution is 0.206. The minimum atomic E-state index is 0.00637. The Labute approximate surface area is 133 Å². The van der Waals surface area contributed by atoms with E-state index in [1.54, 1.807) is 4.90 Å². The summed E-state index contributed by atoms with van der Waals surface area (Å²) in [7, 11) is 1.83. The van der Waals surface area contributed by atoms with E-state index in [-0.39, 0.29) is 6.03 Å². The number of nitrogens with zero attached hydrogens (tertiary/aromatic N) is 1. The molecule has 4 nitrogen and oxygen atoms in total. The van der Waals surface area contributed by atoms with Crippen LogP contribution in [0.1, 0.15) is 44.6 Å². The summed E-state index contributed by atoms with van der Waals surface area (Å²) < 4.78 is 5.42. The monoisotopic (exact) mass is 304 g/mol. The lowest BCUT2D eigenvalue weighted by atomic mass is 10.0. The van der Waals surface area contributed by atoms with Crippen molar-refractivity contribution in [2.45, 2.75) is 45.6 Å². The second-order valence-corrected chi connectivity index (χ2v) is 6.10. The molecule has 2 amide bonds. The summed E-state index contributed by atoms with van der Waals surface area (Å²) >= 11 is 0. The fourth-order valence-electron chi connectivity index (χ4n) is 3.02. The Morgan fingerprint density at radius 3 is 2.59 bits per heavy atom. The minimum Gasteiger partial charge on any atom is -0.494 e. The summed E-state index contributed by atoms with van der Waals surface area (Å²) in [4.78, 5) is 13.8. The second kappa shape index (κ2) is 8.66. The smallest absolute Gasteiger partial charge is 0.317 e. The van der Waals surface area contributed by atoms with Gasteiger partial charge in [-0.05, 0) is 37.0 Å². The van der Waals surface area contributed by atoms with Crippen molar-refractivity contribution in [1.82, 2.24) is 10.2 Å². The molecular weight excluding hydrogens is 276 g/mol. The third-order valence-electron chi connectivity index (χ3n) is 4.30. The molecule has 1 saturated carbocycles. The van der Waals surface area contributed by atoms with E-state index in [0.717, 1.165) is 30.2 Å². The average Bonchev–Trinajstić information content (AvgIpc) is 3.02. The van der Waals surface area contributed by atoms with Crippen molar-refractivity contribution in [3.8, 4) is 5.75 Å². The summed E-state index contributed by atoms with van der Waals surface area (Å²) in [5, 5.41) is 3.02. The highest BCUT2D eigenvalue weighted by atomic mass is 16.5. The first-order valence-electron chi connectivity index (χ1n) is 8.39. The van der Waals surface area contributed by atoms with Gasteiger partial charge in [0.25, 0.3) is 0 Å². The highest BCUT2D eigenvalue weighted by Crippen LogP contribution is 2.26. The van der Waals surface area contributed by atoms with Crippen molar-refractivity contribution in [2.24, 2.45) is 5.92 Å². The van der Waals surface area contributed by atoms with E-state index in [0.29, 0.717) is 13.2 Å². The third-order valence-corrected chi connectivity index (χ3v) is 4.30. The molecular formula is C18H28N2O2. The minimum absolute atomic E-state index is 0.00637. The number of carbonyl (C=O) groups excluding carboxylic acids is 1. The van der Waals surface area contributed by atoms with Crippen LogP contribution in [0.5, 0.6) is 5.75 Å². The second-order valence-electron chi connectivity index (χ2n) is 6.10. The molecule has 0 radical (unpaired) electrons. The standard InChI is InChI=1S/C18H28N2O2/c1-3-22-17-10-8-16(9-11-17)14-20(2)18(21)19-13-12-15-6-4-5-7-15/h8-11,15H,3-7,12-14H2,1-2H3,(H,19,21). The van der Waals surface area contributed by atoms with Crippen LogP contribution in [0.3, 0.4) is 0 Å². The van der Waals surface area contributed by atoms with Crippen LogP contribution in [0.4, 0.5) is 4.79 Å². The molecule has 0 spiro atoms. The van der Waals surface area contributed by atoms with E-state index in [1.807, 2.05) is 38.2 Å². The van der Waals surface area contributed by atoms with E-state index in [1.165, 1.54) is 25.7 Å². The van der Waals surface area contributed by atoms with Crippen LogP contribution >= 0.6 is 0 Å². The fraction of sp³-hybridized carbons (Fsp3) is 0.611. The van der Waals surface area contributed by atoms with Gasteiger partial charge in [-0.25, -0.2) is 4.79 Å². The molecule has 1 aromatic rings. The molecule has 0 saturated heterocycles. The summed E-state index contributed by atoms with van der Waals surface area (Å²) in [6, 6.07) is 7.92. The molecule has 0 unspecified atom stereocenters. The van der Waals surface area contributed by atoms with Crippen molar-refractivity contribution >= 4 is 6.03 Å². The van der Waals surface area contributed by atoms with Gasteiger partial charge in [0, 0.05) is 20.1 Å². The van der Waals surface area contributed by atoms with Gasteiger partial charge in [0.1, 0.15) is 5.75 Å². The first kappa shape index (κ1) is 16.7. The van der Waals surface area contributed by atoms with Crippen molar-refractivity contribution in [2.75, 3.05) is 20.2 Å². The van der Waals surface area contributed by atoms with Crippen LogP contribution in [-0.2, 0) is 6.54 Å².